The van der Waals surface area contributed by atoms with Gasteiger partial charge < -0.3 is 19.9 Å². The molecule has 2 rings (SSSR count). The number of carbonyl (C=O) groups excluding carboxylic acids is 1. The molecule has 0 aromatic heterocycles. The van der Waals surface area contributed by atoms with Crippen molar-refractivity contribution in [2.45, 2.75) is 26.4 Å². The molecule has 0 atom stereocenters. The normalized spacial score (nSPS) is 10.5. The second-order valence-electron chi connectivity index (χ2n) is 6.04. The van der Waals surface area contributed by atoms with Crippen LogP contribution >= 0.6 is 0 Å². The van der Waals surface area contributed by atoms with E-state index in [0.29, 0.717) is 30.0 Å². The number of ether oxygens (including phenoxy) is 2. The van der Waals surface area contributed by atoms with Crippen LogP contribution in [-0.4, -0.2) is 36.7 Å². The number of amides is 1. The quantitative estimate of drug-likeness (QED) is 0.758. The molecule has 0 saturated heterocycles. The smallest absolute Gasteiger partial charge is 0.335 e. The number of aromatic carboxylic acids is 1. The third-order valence-electron chi connectivity index (χ3n) is 3.70. The van der Waals surface area contributed by atoms with Gasteiger partial charge in [0.05, 0.1) is 24.3 Å². The highest BCUT2D eigenvalue weighted by molar-refractivity contribution is 5.97. The molecular formula is C20H23NO5. The van der Waals surface area contributed by atoms with Gasteiger partial charge in [0.1, 0.15) is 11.5 Å². The number of methoxy groups -OCH3 is 1. The minimum absolute atomic E-state index is 0.0681. The van der Waals surface area contributed by atoms with Crippen LogP contribution in [0.5, 0.6) is 11.5 Å². The minimum atomic E-state index is -0.956. The number of carboxylic acid groups (broad SMARTS) is 1. The van der Waals surface area contributed by atoms with Crippen molar-refractivity contribution >= 4 is 11.9 Å². The van der Waals surface area contributed by atoms with Crippen molar-refractivity contribution in [3.63, 3.8) is 0 Å². The van der Waals surface area contributed by atoms with Crippen molar-refractivity contribution in [3.05, 3.63) is 59.2 Å². The van der Waals surface area contributed by atoms with E-state index in [4.69, 9.17) is 14.6 Å². The highest BCUT2D eigenvalue weighted by atomic mass is 16.5. The summed E-state index contributed by atoms with van der Waals surface area (Å²) in [6.07, 6.45) is 0.531. The van der Waals surface area contributed by atoms with E-state index in [2.05, 4.69) is 5.32 Å². The van der Waals surface area contributed by atoms with E-state index >= 15 is 0 Å². The summed E-state index contributed by atoms with van der Waals surface area (Å²) in [4.78, 5) is 23.3. The van der Waals surface area contributed by atoms with Crippen molar-refractivity contribution in [2.24, 2.45) is 0 Å². The third-order valence-corrected chi connectivity index (χ3v) is 3.70. The van der Waals surface area contributed by atoms with Crippen LogP contribution in [0.15, 0.2) is 42.5 Å². The molecule has 0 heterocycles. The van der Waals surface area contributed by atoms with Crippen molar-refractivity contribution in [1.82, 2.24) is 5.32 Å². The van der Waals surface area contributed by atoms with Crippen molar-refractivity contribution < 1.29 is 24.2 Å². The Morgan fingerprint density at radius 3 is 2.38 bits per heavy atom. The molecule has 0 saturated carbocycles. The summed E-state index contributed by atoms with van der Waals surface area (Å²) in [6.45, 7) is 4.21. The number of hydrogen-bond donors (Lipinski definition) is 2. The molecule has 6 heteroatoms. The largest absolute Gasteiger partial charge is 0.497 e. The van der Waals surface area contributed by atoms with Crippen LogP contribution in [0, 0.1) is 0 Å². The standard InChI is InChI=1S/C20H23NO5/c1-13(2)26-18-12-16(25-3)8-9-17(18)19(22)21-11-10-14-4-6-15(7-5-14)20(23)24/h4-9,12-13H,10-11H2,1-3H3,(H,21,22)(H,23,24). The van der Waals surface area contributed by atoms with E-state index in [9.17, 15) is 9.59 Å². The van der Waals surface area contributed by atoms with E-state index in [-0.39, 0.29) is 17.6 Å². The Hall–Kier alpha value is -3.02. The maximum absolute atomic E-state index is 12.5. The van der Waals surface area contributed by atoms with Crippen LogP contribution in [0.25, 0.3) is 0 Å². The molecular weight excluding hydrogens is 334 g/mol. The Balaban J connectivity index is 1.99. The van der Waals surface area contributed by atoms with Gasteiger partial charge >= 0.3 is 5.97 Å². The van der Waals surface area contributed by atoms with Gasteiger partial charge in [0, 0.05) is 12.6 Å². The third kappa shape index (κ3) is 5.24. The van der Waals surface area contributed by atoms with Crippen molar-refractivity contribution in [1.29, 1.82) is 0 Å². The summed E-state index contributed by atoms with van der Waals surface area (Å²) < 4.78 is 10.9. The predicted molar refractivity (Wildman–Crippen MR) is 98.2 cm³/mol. The van der Waals surface area contributed by atoms with E-state index in [0.717, 1.165) is 5.56 Å². The average Bonchev–Trinajstić information content (AvgIpc) is 2.61. The van der Waals surface area contributed by atoms with Crippen molar-refractivity contribution in [3.8, 4) is 11.5 Å². The Labute approximate surface area is 152 Å². The van der Waals surface area contributed by atoms with Gasteiger partial charge in [0.15, 0.2) is 0 Å². The molecule has 0 aliphatic rings. The van der Waals surface area contributed by atoms with Gasteiger partial charge in [-0.1, -0.05) is 12.1 Å². The zero-order valence-corrected chi connectivity index (χ0v) is 15.1. The zero-order valence-electron chi connectivity index (χ0n) is 15.1. The first-order chi connectivity index (χ1) is 12.4. The summed E-state index contributed by atoms with van der Waals surface area (Å²) in [5, 5.41) is 11.8. The lowest BCUT2D eigenvalue weighted by molar-refractivity contribution is 0.0696. The molecule has 0 aliphatic heterocycles. The molecule has 0 aliphatic carbocycles. The molecule has 0 bridgehead atoms. The first-order valence-electron chi connectivity index (χ1n) is 8.36. The molecule has 6 nitrogen and oxygen atoms in total. The summed E-state index contributed by atoms with van der Waals surface area (Å²) in [5.41, 5.74) is 1.64. The van der Waals surface area contributed by atoms with Gasteiger partial charge in [-0.3, -0.25) is 4.79 Å². The van der Waals surface area contributed by atoms with Crippen LogP contribution in [0.1, 0.15) is 40.1 Å². The molecule has 0 unspecified atom stereocenters. The van der Waals surface area contributed by atoms with Gasteiger partial charge in [-0.15, -0.1) is 0 Å². The molecule has 0 fully saturated rings. The molecule has 0 radical (unpaired) electrons. The van der Waals surface area contributed by atoms with Crippen LogP contribution in [0.3, 0.4) is 0 Å². The average molecular weight is 357 g/mol. The van der Waals surface area contributed by atoms with E-state index < -0.39 is 5.97 Å². The van der Waals surface area contributed by atoms with Crippen LogP contribution < -0.4 is 14.8 Å². The Morgan fingerprint density at radius 1 is 1.12 bits per heavy atom. The topological polar surface area (TPSA) is 84.9 Å². The molecule has 138 valence electrons. The fourth-order valence-corrected chi connectivity index (χ4v) is 2.40. The second kappa shape index (κ2) is 8.89. The number of carboxylic acids is 1. The van der Waals surface area contributed by atoms with Gasteiger partial charge in [-0.05, 0) is 50.1 Å². The maximum Gasteiger partial charge on any atom is 0.335 e. The molecule has 1 amide bonds. The SMILES string of the molecule is COc1ccc(C(=O)NCCc2ccc(C(=O)O)cc2)c(OC(C)C)c1. The van der Waals surface area contributed by atoms with E-state index in [1.165, 1.54) is 0 Å². The zero-order chi connectivity index (χ0) is 19.1. The predicted octanol–water partition coefficient (Wildman–Crippen LogP) is 3.15. The van der Waals surface area contributed by atoms with Crippen LogP contribution in [0.4, 0.5) is 0 Å². The Kier molecular flexibility index (Phi) is 6.60. The fourth-order valence-electron chi connectivity index (χ4n) is 2.40. The maximum atomic E-state index is 12.5. The summed E-state index contributed by atoms with van der Waals surface area (Å²) >= 11 is 0. The fraction of sp³-hybridized carbons (Fsp3) is 0.300. The van der Waals surface area contributed by atoms with E-state index in [1.54, 1.807) is 49.6 Å². The van der Waals surface area contributed by atoms with Gasteiger partial charge in [-0.25, -0.2) is 4.79 Å². The van der Waals surface area contributed by atoms with Crippen LogP contribution in [0.2, 0.25) is 0 Å². The number of nitrogens with one attached hydrogen (secondary N) is 1. The Morgan fingerprint density at radius 2 is 1.81 bits per heavy atom. The Bertz CT molecular complexity index is 768. The van der Waals surface area contributed by atoms with Crippen molar-refractivity contribution in [2.75, 3.05) is 13.7 Å². The molecule has 2 aromatic rings. The van der Waals surface area contributed by atoms with Gasteiger partial charge in [0.2, 0.25) is 0 Å². The molecule has 2 aromatic carbocycles. The first-order valence-corrected chi connectivity index (χ1v) is 8.36. The number of carbonyl (C=O) groups is 2. The monoisotopic (exact) mass is 357 g/mol. The lowest BCUT2D eigenvalue weighted by Gasteiger charge is -2.15. The highest BCUT2D eigenvalue weighted by Gasteiger charge is 2.14. The highest BCUT2D eigenvalue weighted by Crippen LogP contribution is 2.25. The van der Waals surface area contributed by atoms with Gasteiger partial charge in [-0.2, -0.15) is 0 Å². The summed E-state index contributed by atoms with van der Waals surface area (Å²) in [7, 11) is 1.56. The number of hydrogen-bond acceptors (Lipinski definition) is 4. The molecule has 2 N–H and O–H groups in total. The first kappa shape index (κ1) is 19.3. The number of rotatable bonds is 8. The van der Waals surface area contributed by atoms with Gasteiger partial charge in [0.25, 0.3) is 5.91 Å². The number of benzene rings is 2. The second-order valence-corrected chi connectivity index (χ2v) is 6.04. The minimum Gasteiger partial charge on any atom is -0.497 e. The van der Waals surface area contributed by atoms with E-state index in [1.807, 2.05) is 13.8 Å². The lowest BCUT2D eigenvalue weighted by Crippen LogP contribution is -2.26. The molecule has 26 heavy (non-hydrogen) atoms. The lowest BCUT2D eigenvalue weighted by atomic mass is 10.1. The molecule has 0 spiro atoms. The van der Waals surface area contributed by atoms with Crippen LogP contribution in [-0.2, 0) is 6.42 Å². The summed E-state index contributed by atoms with van der Waals surface area (Å²) in [5.74, 6) is -0.0918. The summed E-state index contributed by atoms with van der Waals surface area (Å²) in [6, 6.07) is 11.7.